The van der Waals surface area contributed by atoms with Gasteiger partial charge in [0.2, 0.25) is 5.91 Å². The van der Waals surface area contributed by atoms with Crippen molar-refractivity contribution < 1.29 is 9.59 Å². The molecule has 1 aliphatic heterocycles. The SMILES string of the molecule is O=C(NCCC(=O)N1CCCC1)c1cccc(CCl)c1. The number of carbonyl (C=O) groups is 2. The zero-order valence-corrected chi connectivity index (χ0v) is 12.2. The van der Waals surface area contributed by atoms with E-state index in [4.69, 9.17) is 11.6 Å². The molecule has 0 bridgehead atoms. The molecule has 1 heterocycles. The number of halogens is 1. The minimum Gasteiger partial charge on any atom is -0.352 e. The highest BCUT2D eigenvalue weighted by atomic mass is 35.5. The largest absolute Gasteiger partial charge is 0.352 e. The van der Waals surface area contributed by atoms with E-state index in [1.165, 1.54) is 0 Å². The number of alkyl halides is 1. The van der Waals surface area contributed by atoms with Crippen LogP contribution in [0.5, 0.6) is 0 Å². The predicted molar refractivity (Wildman–Crippen MR) is 78.8 cm³/mol. The van der Waals surface area contributed by atoms with Crippen LogP contribution in [0.1, 0.15) is 35.2 Å². The first kappa shape index (κ1) is 14.9. The summed E-state index contributed by atoms with van der Waals surface area (Å²) in [4.78, 5) is 25.6. The number of hydrogen-bond acceptors (Lipinski definition) is 2. The fourth-order valence-electron chi connectivity index (χ4n) is 2.31. The third-order valence-electron chi connectivity index (χ3n) is 3.43. The molecule has 1 aromatic rings. The van der Waals surface area contributed by atoms with Crippen molar-refractivity contribution in [1.82, 2.24) is 10.2 Å². The molecule has 0 spiro atoms. The lowest BCUT2D eigenvalue weighted by atomic mass is 10.1. The highest BCUT2D eigenvalue weighted by Crippen LogP contribution is 2.09. The van der Waals surface area contributed by atoms with Gasteiger partial charge in [-0.3, -0.25) is 9.59 Å². The summed E-state index contributed by atoms with van der Waals surface area (Å²) in [5, 5.41) is 2.78. The van der Waals surface area contributed by atoms with Crippen LogP contribution in [0.15, 0.2) is 24.3 Å². The van der Waals surface area contributed by atoms with Crippen molar-refractivity contribution in [2.24, 2.45) is 0 Å². The van der Waals surface area contributed by atoms with Gasteiger partial charge in [0.1, 0.15) is 0 Å². The van der Waals surface area contributed by atoms with E-state index >= 15 is 0 Å². The third kappa shape index (κ3) is 3.97. The van der Waals surface area contributed by atoms with Crippen LogP contribution in [0.4, 0.5) is 0 Å². The van der Waals surface area contributed by atoms with Crippen LogP contribution >= 0.6 is 11.6 Å². The van der Waals surface area contributed by atoms with E-state index in [0.29, 0.717) is 24.4 Å². The molecule has 2 amide bonds. The number of nitrogens with zero attached hydrogens (tertiary/aromatic N) is 1. The van der Waals surface area contributed by atoms with Crippen LogP contribution in [0, 0.1) is 0 Å². The lowest BCUT2D eigenvalue weighted by Crippen LogP contribution is -2.32. The van der Waals surface area contributed by atoms with Crippen LogP contribution in [-0.4, -0.2) is 36.3 Å². The average molecular weight is 295 g/mol. The Morgan fingerprint density at radius 3 is 2.70 bits per heavy atom. The monoisotopic (exact) mass is 294 g/mol. The lowest BCUT2D eigenvalue weighted by molar-refractivity contribution is -0.129. The molecule has 108 valence electrons. The molecule has 2 rings (SSSR count). The Bertz CT molecular complexity index is 485. The van der Waals surface area contributed by atoms with Gasteiger partial charge >= 0.3 is 0 Å². The first-order valence-corrected chi connectivity index (χ1v) is 7.45. The van der Waals surface area contributed by atoms with Crippen LogP contribution in [0.3, 0.4) is 0 Å². The second kappa shape index (κ2) is 7.29. The normalized spacial score (nSPS) is 14.3. The Labute approximate surface area is 124 Å². The molecule has 0 atom stereocenters. The summed E-state index contributed by atoms with van der Waals surface area (Å²) >= 11 is 5.74. The fourth-order valence-corrected chi connectivity index (χ4v) is 2.47. The van der Waals surface area contributed by atoms with Gasteiger partial charge in [-0.15, -0.1) is 11.6 Å². The molecule has 1 N–H and O–H groups in total. The van der Waals surface area contributed by atoms with Gasteiger partial charge in [0.05, 0.1) is 0 Å². The van der Waals surface area contributed by atoms with Crippen LogP contribution in [0.2, 0.25) is 0 Å². The van der Waals surface area contributed by atoms with Crippen molar-refractivity contribution >= 4 is 23.4 Å². The van der Waals surface area contributed by atoms with E-state index in [2.05, 4.69) is 5.32 Å². The second-order valence-corrected chi connectivity index (χ2v) is 5.20. The van der Waals surface area contributed by atoms with E-state index in [9.17, 15) is 9.59 Å². The van der Waals surface area contributed by atoms with Gasteiger partial charge in [-0.25, -0.2) is 0 Å². The first-order valence-electron chi connectivity index (χ1n) is 6.91. The minimum absolute atomic E-state index is 0.123. The summed E-state index contributed by atoms with van der Waals surface area (Å²) in [7, 11) is 0. The van der Waals surface area contributed by atoms with Crippen molar-refractivity contribution in [2.75, 3.05) is 19.6 Å². The molecule has 0 aromatic heterocycles. The van der Waals surface area contributed by atoms with Gasteiger partial charge in [0.25, 0.3) is 5.91 Å². The zero-order chi connectivity index (χ0) is 14.4. The predicted octanol–water partition coefficient (Wildman–Crippen LogP) is 2.17. The Morgan fingerprint density at radius 1 is 1.25 bits per heavy atom. The van der Waals surface area contributed by atoms with Gasteiger partial charge < -0.3 is 10.2 Å². The Hall–Kier alpha value is -1.55. The molecular weight excluding hydrogens is 276 g/mol. The molecule has 4 nitrogen and oxygen atoms in total. The van der Waals surface area contributed by atoms with Crippen molar-refractivity contribution in [3.8, 4) is 0 Å². The molecule has 1 aliphatic rings. The molecule has 20 heavy (non-hydrogen) atoms. The standard InChI is InChI=1S/C15H19ClN2O2/c16-11-12-4-3-5-13(10-12)15(20)17-7-6-14(19)18-8-1-2-9-18/h3-5,10H,1-2,6-9,11H2,(H,17,20). The Kier molecular flexibility index (Phi) is 5.41. The van der Waals surface area contributed by atoms with E-state index in [-0.39, 0.29) is 11.8 Å². The highest BCUT2D eigenvalue weighted by molar-refractivity contribution is 6.17. The number of amides is 2. The summed E-state index contributed by atoms with van der Waals surface area (Å²) in [5.74, 6) is 0.345. The average Bonchev–Trinajstić information content (AvgIpc) is 3.01. The molecule has 0 aliphatic carbocycles. The van der Waals surface area contributed by atoms with E-state index in [0.717, 1.165) is 31.5 Å². The number of hydrogen-bond donors (Lipinski definition) is 1. The molecule has 0 radical (unpaired) electrons. The maximum absolute atomic E-state index is 11.9. The summed E-state index contributed by atoms with van der Waals surface area (Å²) < 4.78 is 0. The molecule has 1 saturated heterocycles. The Morgan fingerprint density at radius 2 is 2.00 bits per heavy atom. The van der Waals surface area contributed by atoms with Crippen molar-refractivity contribution in [3.05, 3.63) is 35.4 Å². The minimum atomic E-state index is -0.161. The molecule has 0 saturated carbocycles. The second-order valence-electron chi connectivity index (χ2n) is 4.93. The topological polar surface area (TPSA) is 49.4 Å². The lowest BCUT2D eigenvalue weighted by Gasteiger charge is -2.15. The van der Waals surface area contributed by atoms with Crippen LogP contribution < -0.4 is 5.32 Å². The summed E-state index contributed by atoms with van der Waals surface area (Å²) in [6.07, 6.45) is 2.54. The van der Waals surface area contributed by atoms with Crippen molar-refractivity contribution in [1.29, 1.82) is 0 Å². The number of rotatable bonds is 5. The van der Waals surface area contributed by atoms with Crippen LogP contribution in [0.25, 0.3) is 0 Å². The smallest absolute Gasteiger partial charge is 0.251 e. The molecule has 5 heteroatoms. The van der Waals surface area contributed by atoms with Gasteiger partial charge in [-0.05, 0) is 30.5 Å². The number of benzene rings is 1. The third-order valence-corrected chi connectivity index (χ3v) is 3.74. The van der Waals surface area contributed by atoms with Gasteiger partial charge in [-0.1, -0.05) is 12.1 Å². The summed E-state index contributed by atoms with van der Waals surface area (Å²) in [6, 6.07) is 7.20. The molecule has 1 fully saturated rings. The first-order chi connectivity index (χ1) is 9.70. The molecule has 1 aromatic carbocycles. The van der Waals surface area contributed by atoms with E-state index < -0.39 is 0 Å². The van der Waals surface area contributed by atoms with Crippen molar-refractivity contribution in [3.63, 3.8) is 0 Å². The van der Waals surface area contributed by atoms with Crippen LogP contribution in [-0.2, 0) is 10.7 Å². The number of carbonyl (C=O) groups excluding carboxylic acids is 2. The van der Waals surface area contributed by atoms with Gasteiger partial charge in [0.15, 0.2) is 0 Å². The zero-order valence-electron chi connectivity index (χ0n) is 11.4. The number of likely N-dealkylation sites (tertiary alicyclic amines) is 1. The fraction of sp³-hybridized carbons (Fsp3) is 0.467. The van der Waals surface area contributed by atoms with E-state index in [1.54, 1.807) is 12.1 Å². The quantitative estimate of drug-likeness (QED) is 0.846. The summed E-state index contributed by atoms with van der Waals surface area (Å²) in [5.41, 5.74) is 1.49. The highest BCUT2D eigenvalue weighted by Gasteiger charge is 2.17. The maximum atomic E-state index is 11.9. The number of nitrogens with one attached hydrogen (secondary N) is 1. The maximum Gasteiger partial charge on any atom is 0.251 e. The molecule has 0 unspecified atom stereocenters. The van der Waals surface area contributed by atoms with Gasteiger partial charge in [0, 0.05) is 37.5 Å². The summed E-state index contributed by atoms with van der Waals surface area (Å²) in [6.45, 7) is 2.08. The Balaban J connectivity index is 1.78. The molecular formula is C15H19ClN2O2. The van der Waals surface area contributed by atoms with E-state index in [1.807, 2.05) is 17.0 Å². The van der Waals surface area contributed by atoms with Crippen molar-refractivity contribution in [2.45, 2.75) is 25.1 Å². The van der Waals surface area contributed by atoms with Gasteiger partial charge in [-0.2, -0.15) is 0 Å².